The summed E-state index contributed by atoms with van der Waals surface area (Å²) in [6.45, 7) is 5.92. The average molecular weight is 326 g/mol. The molecule has 4 nitrogen and oxygen atoms in total. The molecule has 23 heavy (non-hydrogen) atoms. The minimum absolute atomic E-state index is 0.844. The summed E-state index contributed by atoms with van der Waals surface area (Å²) >= 11 is 1.72. The summed E-state index contributed by atoms with van der Waals surface area (Å²) in [6, 6.07) is 8.41. The Labute approximate surface area is 141 Å². The third-order valence-electron chi connectivity index (χ3n) is 3.91. The quantitative estimate of drug-likeness (QED) is 0.715. The van der Waals surface area contributed by atoms with Crippen LogP contribution in [0.15, 0.2) is 35.8 Å². The van der Waals surface area contributed by atoms with E-state index in [1.54, 1.807) is 11.3 Å². The summed E-state index contributed by atoms with van der Waals surface area (Å²) < 4.78 is 1.87. The number of benzene rings is 1. The van der Waals surface area contributed by atoms with Crippen molar-refractivity contribution in [3.05, 3.63) is 58.4 Å². The molecule has 2 aromatic heterocycles. The summed E-state index contributed by atoms with van der Waals surface area (Å²) in [5.41, 5.74) is 5.99. The van der Waals surface area contributed by atoms with Crippen LogP contribution in [0.2, 0.25) is 0 Å². The number of aryl methyl sites for hydroxylation is 3. The second kappa shape index (κ2) is 6.64. The maximum atomic E-state index is 4.81. The van der Waals surface area contributed by atoms with Crippen LogP contribution in [-0.4, -0.2) is 26.7 Å². The normalized spacial score (nSPS) is 11.3. The number of nitrogens with zero attached hydrogens (tertiary/aromatic N) is 4. The van der Waals surface area contributed by atoms with Gasteiger partial charge in [0, 0.05) is 42.8 Å². The van der Waals surface area contributed by atoms with Crippen molar-refractivity contribution >= 4 is 11.3 Å². The van der Waals surface area contributed by atoms with Gasteiger partial charge in [-0.25, -0.2) is 4.98 Å². The molecule has 0 atom stereocenters. The van der Waals surface area contributed by atoms with Crippen LogP contribution in [0.1, 0.15) is 22.5 Å². The summed E-state index contributed by atoms with van der Waals surface area (Å²) in [5.74, 6) is 0. The highest BCUT2D eigenvalue weighted by atomic mass is 32.1. The lowest BCUT2D eigenvalue weighted by Gasteiger charge is -2.14. The van der Waals surface area contributed by atoms with Crippen LogP contribution in [-0.2, 0) is 20.1 Å². The van der Waals surface area contributed by atoms with Crippen molar-refractivity contribution in [2.45, 2.75) is 26.9 Å². The van der Waals surface area contributed by atoms with Gasteiger partial charge in [-0.3, -0.25) is 9.58 Å². The lowest BCUT2D eigenvalue weighted by Crippen LogP contribution is -2.17. The van der Waals surface area contributed by atoms with Crippen molar-refractivity contribution in [2.24, 2.45) is 7.05 Å². The first-order valence-electron chi connectivity index (χ1n) is 7.71. The van der Waals surface area contributed by atoms with Crippen LogP contribution in [0.5, 0.6) is 0 Å². The third kappa shape index (κ3) is 3.68. The van der Waals surface area contributed by atoms with Crippen LogP contribution in [0.25, 0.3) is 10.6 Å². The Morgan fingerprint density at radius 1 is 1.17 bits per heavy atom. The van der Waals surface area contributed by atoms with Gasteiger partial charge in [0.1, 0.15) is 5.01 Å². The van der Waals surface area contributed by atoms with E-state index in [0.717, 1.165) is 29.5 Å². The zero-order valence-corrected chi connectivity index (χ0v) is 14.9. The minimum Gasteiger partial charge on any atom is -0.296 e. The highest BCUT2D eigenvalue weighted by molar-refractivity contribution is 7.13. The topological polar surface area (TPSA) is 34.0 Å². The van der Waals surface area contributed by atoms with Crippen molar-refractivity contribution in [1.82, 2.24) is 19.7 Å². The van der Waals surface area contributed by atoms with Gasteiger partial charge in [0.15, 0.2) is 0 Å². The second-order valence-corrected chi connectivity index (χ2v) is 6.90. The number of aromatic nitrogens is 3. The Hall–Kier alpha value is -1.98. The van der Waals surface area contributed by atoms with Crippen LogP contribution in [0.3, 0.4) is 0 Å². The van der Waals surface area contributed by atoms with Gasteiger partial charge in [0.2, 0.25) is 0 Å². The summed E-state index contributed by atoms with van der Waals surface area (Å²) in [4.78, 5) is 7.09. The standard InChI is InChI=1S/C18H22N4S/c1-13-7-5-6-8-17(13)18-19-16(12-23-18)11-21(3)9-15-10-22(4)20-14(15)2/h5-8,10,12H,9,11H2,1-4H3. The van der Waals surface area contributed by atoms with E-state index in [-0.39, 0.29) is 0 Å². The largest absolute Gasteiger partial charge is 0.296 e. The molecule has 0 unspecified atom stereocenters. The van der Waals surface area contributed by atoms with Gasteiger partial charge in [-0.15, -0.1) is 11.3 Å². The van der Waals surface area contributed by atoms with Gasteiger partial charge in [-0.05, 0) is 26.5 Å². The molecule has 2 heterocycles. The fraction of sp³-hybridized carbons (Fsp3) is 0.333. The van der Waals surface area contributed by atoms with Crippen LogP contribution >= 0.6 is 11.3 Å². The first-order valence-corrected chi connectivity index (χ1v) is 8.59. The maximum absolute atomic E-state index is 4.81. The van der Waals surface area contributed by atoms with Crippen LogP contribution < -0.4 is 0 Å². The van der Waals surface area contributed by atoms with E-state index in [4.69, 9.17) is 4.98 Å². The monoisotopic (exact) mass is 326 g/mol. The fourth-order valence-electron chi connectivity index (χ4n) is 2.74. The van der Waals surface area contributed by atoms with Gasteiger partial charge in [0.05, 0.1) is 11.4 Å². The van der Waals surface area contributed by atoms with Crippen molar-refractivity contribution in [1.29, 1.82) is 0 Å². The summed E-state index contributed by atoms with van der Waals surface area (Å²) in [6.07, 6.45) is 2.09. The molecular weight excluding hydrogens is 304 g/mol. The van der Waals surface area contributed by atoms with Gasteiger partial charge in [0.25, 0.3) is 0 Å². The highest BCUT2D eigenvalue weighted by Crippen LogP contribution is 2.27. The van der Waals surface area contributed by atoms with E-state index >= 15 is 0 Å². The van der Waals surface area contributed by atoms with E-state index in [0.29, 0.717) is 0 Å². The van der Waals surface area contributed by atoms with Crippen molar-refractivity contribution in [2.75, 3.05) is 7.05 Å². The number of hydrogen-bond donors (Lipinski definition) is 0. The lowest BCUT2D eigenvalue weighted by atomic mass is 10.1. The van der Waals surface area contributed by atoms with Crippen molar-refractivity contribution < 1.29 is 0 Å². The molecular formula is C18H22N4S. The van der Waals surface area contributed by atoms with Crippen molar-refractivity contribution in [3.8, 4) is 10.6 Å². The van der Waals surface area contributed by atoms with E-state index < -0.39 is 0 Å². The van der Waals surface area contributed by atoms with Crippen LogP contribution in [0.4, 0.5) is 0 Å². The molecule has 5 heteroatoms. The molecule has 0 N–H and O–H groups in total. The van der Waals surface area contributed by atoms with E-state index in [1.165, 1.54) is 16.7 Å². The predicted molar refractivity (Wildman–Crippen MR) is 95.4 cm³/mol. The molecule has 0 saturated carbocycles. The Balaban J connectivity index is 1.69. The molecule has 1 aromatic carbocycles. The van der Waals surface area contributed by atoms with Gasteiger partial charge < -0.3 is 0 Å². The molecule has 0 spiro atoms. The molecule has 0 saturated heterocycles. The number of hydrogen-bond acceptors (Lipinski definition) is 4. The molecule has 0 amide bonds. The molecule has 0 aliphatic rings. The van der Waals surface area contributed by atoms with Gasteiger partial charge >= 0.3 is 0 Å². The Bertz CT molecular complexity index is 803. The molecule has 120 valence electrons. The molecule has 0 radical (unpaired) electrons. The predicted octanol–water partition coefficient (Wildman–Crippen LogP) is 3.79. The Morgan fingerprint density at radius 2 is 1.96 bits per heavy atom. The Kier molecular flexibility index (Phi) is 4.59. The summed E-state index contributed by atoms with van der Waals surface area (Å²) in [7, 11) is 4.09. The third-order valence-corrected chi connectivity index (χ3v) is 4.84. The lowest BCUT2D eigenvalue weighted by molar-refractivity contribution is 0.315. The van der Waals surface area contributed by atoms with E-state index in [9.17, 15) is 0 Å². The smallest absolute Gasteiger partial charge is 0.123 e. The minimum atomic E-state index is 0.844. The summed E-state index contributed by atoms with van der Waals surface area (Å²) in [5, 5.41) is 7.66. The maximum Gasteiger partial charge on any atom is 0.123 e. The average Bonchev–Trinajstić information content (AvgIpc) is 3.06. The van der Waals surface area contributed by atoms with Crippen molar-refractivity contribution in [3.63, 3.8) is 0 Å². The fourth-order valence-corrected chi connectivity index (χ4v) is 3.64. The molecule has 0 aliphatic carbocycles. The Morgan fingerprint density at radius 3 is 2.65 bits per heavy atom. The molecule has 3 rings (SSSR count). The number of thiazole rings is 1. The zero-order chi connectivity index (χ0) is 16.4. The molecule has 3 aromatic rings. The van der Waals surface area contributed by atoms with Crippen LogP contribution in [0, 0.1) is 13.8 Å². The van der Waals surface area contributed by atoms with E-state index in [1.807, 2.05) is 11.7 Å². The van der Waals surface area contributed by atoms with Gasteiger partial charge in [-0.2, -0.15) is 5.10 Å². The SMILES string of the molecule is Cc1ccccc1-c1nc(CN(C)Cc2cn(C)nc2C)cs1. The van der Waals surface area contributed by atoms with E-state index in [2.05, 4.69) is 66.7 Å². The van der Waals surface area contributed by atoms with Gasteiger partial charge in [-0.1, -0.05) is 24.3 Å². The molecule has 0 bridgehead atoms. The zero-order valence-electron chi connectivity index (χ0n) is 14.1. The highest BCUT2D eigenvalue weighted by Gasteiger charge is 2.11. The molecule has 0 fully saturated rings. The molecule has 0 aliphatic heterocycles. The number of rotatable bonds is 5. The first kappa shape index (κ1) is 15.9. The first-order chi connectivity index (χ1) is 11.0. The second-order valence-electron chi connectivity index (χ2n) is 6.04.